The van der Waals surface area contributed by atoms with Gasteiger partial charge in [0.2, 0.25) is 0 Å². The Morgan fingerprint density at radius 1 is 1.38 bits per heavy atom. The lowest BCUT2D eigenvalue weighted by atomic mass is 10.1. The Balaban J connectivity index is 1.63. The van der Waals surface area contributed by atoms with E-state index in [-0.39, 0.29) is 0 Å². The highest BCUT2D eigenvalue weighted by Crippen LogP contribution is 2.31. The number of hydrogen-bond acceptors (Lipinski definition) is 3. The lowest BCUT2D eigenvalue weighted by Crippen LogP contribution is -2.48. The van der Waals surface area contributed by atoms with Gasteiger partial charge in [-0.2, -0.15) is 0 Å². The van der Waals surface area contributed by atoms with Crippen LogP contribution in [0.2, 0.25) is 5.02 Å². The summed E-state index contributed by atoms with van der Waals surface area (Å²) in [7, 11) is 2.09. The molecule has 2 atom stereocenters. The molecule has 2 heterocycles. The van der Waals surface area contributed by atoms with Crippen LogP contribution in [0, 0.1) is 0 Å². The number of aryl methyl sites for hydroxylation is 1. The first-order valence-corrected chi connectivity index (χ1v) is 8.07. The van der Waals surface area contributed by atoms with E-state index in [1.807, 2.05) is 18.2 Å². The lowest BCUT2D eigenvalue weighted by Gasteiger charge is -2.37. The van der Waals surface area contributed by atoms with Gasteiger partial charge in [0.15, 0.2) is 0 Å². The van der Waals surface area contributed by atoms with E-state index in [2.05, 4.69) is 16.5 Å². The maximum atomic E-state index is 6.07. The summed E-state index contributed by atoms with van der Waals surface area (Å²) in [5.41, 5.74) is 2.13. The molecule has 4 rings (SSSR count). The van der Waals surface area contributed by atoms with E-state index in [1.54, 1.807) is 0 Å². The molecule has 1 saturated heterocycles. The molecule has 2 aliphatic rings. The van der Waals surface area contributed by atoms with Crippen LogP contribution in [0.3, 0.4) is 0 Å². The predicted octanol–water partition coefficient (Wildman–Crippen LogP) is 2.98. The van der Waals surface area contributed by atoms with Crippen molar-refractivity contribution in [3.05, 3.63) is 29.0 Å². The first kappa shape index (κ1) is 13.6. The number of benzene rings is 1. The second kappa shape index (κ2) is 5.27. The molecule has 2 fully saturated rings. The van der Waals surface area contributed by atoms with Gasteiger partial charge in [-0.05, 0) is 37.5 Å². The molecule has 0 unspecified atom stereocenters. The molecule has 4 nitrogen and oxygen atoms in total. The average Bonchev–Trinajstić information content (AvgIpc) is 3.05. The minimum Gasteiger partial charge on any atom is -0.375 e. The number of fused-ring (bicyclic) bond motifs is 2. The van der Waals surface area contributed by atoms with Gasteiger partial charge in [-0.15, -0.1) is 0 Å². The molecule has 112 valence electrons. The van der Waals surface area contributed by atoms with Crippen LogP contribution in [0.1, 0.15) is 25.1 Å². The standard InChI is InChI=1S/C16H20ClN3O/c1-19-13-6-5-11(17)9-12(13)18-16(19)10-20-7-8-21-15-4-2-3-14(15)20/h5-6,9,14-15H,2-4,7-8,10H2,1H3/t14-,15-/m1/s1. The number of imidazole rings is 1. The summed E-state index contributed by atoms with van der Waals surface area (Å²) in [6.07, 6.45) is 4.17. The van der Waals surface area contributed by atoms with Crippen molar-refractivity contribution in [2.24, 2.45) is 7.05 Å². The highest BCUT2D eigenvalue weighted by Gasteiger charge is 2.36. The fourth-order valence-electron chi connectivity index (χ4n) is 3.75. The van der Waals surface area contributed by atoms with Crippen molar-refractivity contribution in [1.29, 1.82) is 0 Å². The minimum atomic E-state index is 0.433. The van der Waals surface area contributed by atoms with Gasteiger partial charge < -0.3 is 9.30 Å². The highest BCUT2D eigenvalue weighted by molar-refractivity contribution is 6.31. The topological polar surface area (TPSA) is 30.3 Å². The summed E-state index contributed by atoms with van der Waals surface area (Å²) in [6.45, 7) is 2.75. The quantitative estimate of drug-likeness (QED) is 0.854. The van der Waals surface area contributed by atoms with Crippen molar-refractivity contribution in [3.8, 4) is 0 Å². The van der Waals surface area contributed by atoms with Crippen molar-refractivity contribution in [2.45, 2.75) is 38.0 Å². The number of halogens is 1. The number of nitrogens with zero attached hydrogens (tertiary/aromatic N) is 3. The second-order valence-electron chi connectivity index (χ2n) is 6.10. The lowest BCUT2D eigenvalue weighted by molar-refractivity contribution is -0.0598. The molecular formula is C16H20ClN3O. The zero-order chi connectivity index (χ0) is 14.4. The first-order valence-electron chi connectivity index (χ1n) is 7.69. The van der Waals surface area contributed by atoms with E-state index in [1.165, 1.54) is 19.3 Å². The van der Waals surface area contributed by atoms with E-state index in [0.29, 0.717) is 12.1 Å². The van der Waals surface area contributed by atoms with Crippen LogP contribution in [0.25, 0.3) is 11.0 Å². The minimum absolute atomic E-state index is 0.433. The van der Waals surface area contributed by atoms with Gasteiger partial charge in [0.25, 0.3) is 0 Å². The van der Waals surface area contributed by atoms with Crippen molar-refractivity contribution < 1.29 is 4.74 Å². The maximum absolute atomic E-state index is 6.07. The summed E-state index contributed by atoms with van der Waals surface area (Å²) in [5, 5.41) is 0.745. The molecule has 1 aliphatic heterocycles. The summed E-state index contributed by atoms with van der Waals surface area (Å²) < 4.78 is 8.07. The van der Waals surface area contributed by atoms with Crippen molar-refractivity contribution in [1.82, 2.24) is 14.5 Å². The van der Waals surface area contributed by atoms with Crippen LogP contribution < -0.4 is 0 Å². The maximum Gasteiger partial charge on any atom is 0.123 e. The Bertz CT molecular complexity index is 669. The molecule has 0 N–H and O–H groups in total. The molecule has 0 amide bonds. The smallest absolute Gasteiger partial charge is 0.123 e. The Morgan fingerprint density at radius 2 is 2.29 bits per heavy atom. The largest absolute Gasteiger partial charge is 0.375 e. The van der Waals surface area contributed by atoms with Crippen LogP contribution in [-0.4, -0.2) is 39.7 Å². The molecule has 0 bridgehead atoms. The van der Waals surface area contributed by atoms with E-state index >= 15 is 0 Å². The van der Waals surface area contributed by atoms with Crippen LogP contribution in [0.5, 0.6) is 0 Å². The summed E-state index contributed by atoms with van der Waals surface area (Å²) in [5.74, 6) is 1.11. The van der Waals surface area contributed by atoms with Crippen LogP contribution in [-0.2, 0) is 18.3 Å². The van der Waals surface area contributed by atoms with E-state index < -0.39 is 0 Å². The molecule has 1 aliphatic carbocycles. The van der Waals surface area contributed by atoms with Crippen LogP contribution in [0.15, 0.2) is 18.2 Å². The van der Waals surface area contributed by atoms with Gasteiger partial charge >= 0.3 is 0 Å². The molecule has 1 saturated carbocycles. The molecule has 1 aromatic carbocycles. The summed E-state index contributed by atoms with van der Waals surface area (Å²) in [6, 6.07) is 6.49. The number of rotatable bonds is 2. The predicted molar refractivity (Wildman–Crippen MR) is 83.5 cm³/mol. The fraction of sp³-hybridized carbons (Fsp3) is 0.562. The second-order valence-corrected chi connectivity index (χ2v) is 6.53. The third-order valence-corrected chi connectivity index (χ3v) is 5.11. The molecule has 1 aromatic heterocycles. The van der Waals surface area contributed by atoms with Crippen molar-refractivity contribution in [2.75, 3.05) is 13.2 Å². The molecular weight excluding hydrogens is 286 g/mol. The van der Waals surface area contributed by atoms with Crippen molar-refractivity contribution >= 4 is 22.6 Å². The Morgan fingerprint density at radius 3 is 3.19 bits per heavy atom. The molecule has 0 spiro atoms. The number of hydrogen-bond donors (Lipinski definition) is 0. The van der Waals surface area contributed by atoms with Gasteiger partial charge in [-0.25, -0.2) is 4.98 Å². The first-order chi connectivity index (χ1) is 10.2. The van der Waals surface area contributed by atoms with Gasteiger partial charge in [0.1, 0.15) is 5.82 Å². The van der Waals surface area contributed by atoms with Crippen LogP contribution in [0.4, 0.5) is 0 Å². The fourth-order valence-corrected chi connectivity index (χ4v) is 3.91. The third-order valence-electron chi connectivity index (χ3n) is 4.88. The average molecular weight is 306 g/mol. The Labute approximate surface area is 129 Å². The van der Waals surface area contributed by atoms with Gasteiger partial charge in [0.05, 0.1) is 30.3 Å². The van der Waals surface area contributed by atoms with E-state index in [9.17, 15) is 0 Å². The molecule has 0 radical (unpaired) electrons. The van der Waals surface area contributed by atoms with Crippen LogP contribution >= 0.6 is 11.6 Å². The zero-order valence-corrected chi connectivity index (χ0v) is 13.0. The molecule has 21 heavy (non-hydrogen) atoms. The van der Waals surface area contributed by atoms with Crippen molar-refractivity contribution in [3.63, 3.8) is 0 Å². The highest BCUT2D eigenvalue weighted by atomic mass is 35.5. The summed E-state index contributed by atoms with van der Waals surface area (Å²) in [4.78, 5) is 7.32. The monoisotopic (exact) mass is 305 g/mol. The zero-order valence-electron chi connectivity index (χ0n) is 12.3. The normalized spacial score (nSPS) is 26.4. The molecule has 5 heteroatoms. The SMILES string of the molecule is Cn1c(CN2CCO[C@@H]3CCC[C@H]32)nc2cc(Cl)ccc21. The van der Waals surface area contributed by atoms with Gasteiger partial charge in [-0.1, -0.05) is 11.6 Å². The Kier molecular flexibility index (Phi) is 3.40. The number of morpholine rings is 1. The van der Waals surface area contributed by atoms with E-state index in [4.69, 9.17) is 21.3 Å². The number of ether oxygens (including phenoxy) is 1. The number of aromatic nitrogens is 2. The van der Waals surface area contributed by atoms with Gasteiger partial charge in [0, 0.05) is 24.7 Å². The third kappa shape index (κ3) is 2.35. The summed E-state index contributed by atoms with van der Waals surface area (Å²) >= 11 is 6.07. The van der Waals surface area contributed by atoms with E-state index in [0.717, 1.165) is 41.6 Å². The Hall–Kier alpha value is -1.10. The molecule has 2 aromatic rings. The van der Waals surface area contributed by atoms with Gasteiger partial charge in [-0.3, -0.25) is 4.90 Å².